The number of hydrogen-bond donors (Lipinski definition) is 0. The molecule has 126 valence electrons. The van der Waals surface area contributed by atoms with E-state index in [4.69, 9.17) is 5.26 Å². The first-order valence-corrected chi connectivity index (χ1v) is 9.12. The van der Waals surface area contributed by atoms with Crippen LogP contribution in [0.15, 0.2) is 34.6 Å². The molecule has 0 unspecified atom stereocenters. The van der Waals surface area contributed by atoms with Gasteiger partial charge in [-0.05, 0) is 36.6 Å². The summed E-state index contributed by atoms with van der Waals surface area (Å²) >= 11 is 1.63. The van der Waals surface area contributed by atoms with Crippen LogP contribution in [-0.4, -0.2) is 9.55 Å². The number of aromatic nitrogens is 2. The van der Waals surface area contributed by atoms with E-state index >= 15 is 0 Å². The summed E-state index contributed by atoms with van der Waals surface area (Å²) in [7, 11) is 0. The molecule has 3 aromatic rings. The molecule has 0 aliphatic heterocycles. The second-order valence-corrected chi connectivity index (χ2v) is 7.03. The minimum atomic E-state index is -0.209. The molecule has 3 rings (SSSR count). The summed E-state index contributed by atoms with van der Waals surface area (Å²) in [5.41, 5.74) is 2.92. The van der Waals surface area contributed by atoms with Crippen molar-refractivity contribution < 1.29 is 0 Å². The van der Waals surface area contributed by atoms with Crippen LogP contribution >= 0.6 is 11.3 Å². The van der Waals surface area contributed by atoms with Crippen LogP contribution in [0.25, 0.3) is 23.1 Å². The van der Waals surface area contributed by atoms with Gasteiger partial charge in [0.05, 0.1) is 11.2 Å². The Labute approximate surface area is 150 Å². The molecule has 0 saturated heterocycles. The van der Waals surface area contributed by atoms with Crippen molar-refractivity contribution in [2.24, 2.45) is 0 Å². The maximum atomic E-state index is 12.3. The summed E-state index contributed by atoms with van der Waals surface area (Å²) in [6.45, 7) is 6.95. The fraction of sp³-hybridized carbons (Fsp3) is 0.250. The van der Waals surface area contributed by atoms with E-state index in [1.54, 1.807) is 23.6 Å². The molecule has 2 aromatic heterocycles. The van der Waals surface area contributed by atoms with Gasteiger partial charge in [0, 0.05) is 23.5 Å². The number of nitrogens with zero attached hydrogens (tertiary/aromatic N) is 3. The second-order valence-electron chi connectivity index (χ2n) is 6.14. The number of nitriles is 1. The van der Waals surface area contributed by atoms with E-state index in [0.29, 0.717) is 17.8 Å². The van der Waals surface area contributed by atoms with Crippen LogP contribution in [0.1, 0.15) is 48.5 Å². The number of fused-ring (bicyclic) bond motifs is 1. The zero-order valence-electron chi connectivity index (χ0n) is 14.5. The van der Waals surface area contributed by atoms with Crippen LogP contribution in [0.5, 0.6) is 0 Å². The lowest BCUT2D eigenvalue weighted by atomic mass is 10.1. The molecule has 2 heterocycles. The van der Waals surface area contributed by atoms with E-state index in [2.05, 4.69) is 24.2 Å². The Morgan fingerprint density at radius 3 is 2.80 bits per heavy atom. The van der Waals surface area contributed by atoms with Crippen molar-refractivity contribution in [3.05, 3.63) is 61.8 Å². The highest BCUT2D eigenvalue weighted by Crippen LogP contribution is 2.21. The van der Waals surface area contributed by atoms with Crippen LogP contribution < -0.4 is 5.43 Å². The fourth-order valence-electron chi connectivity index (χ4n) is 2.66. The summed E-state index contributed by atoms with van der Waals surface area (Å²) in [5.74, 6) is 0.424. The largest absolute Gasteiger partial charge is 0.346 e. The SMILES string of the molecule is CCn1cc(C#N)c(=O)c2ccc(C=Cc3nc(C(C)C)cs3)cc21. The topological polar surface area (TPSA) is 58.7 Å². The molecule has 0 aliphatic carbocycles. The molecule has 0 bridgehead atoms. The molecule has 25 heavy (non-hydrogen) atoms. The number of benzene rings is 1. The molecule has 1 aromatic carbocycles. The van der Waals surface area contributed by atoms with Gasteiger partial charge in [-0.2, -0.15) is 5.26 Å². The Morgan fingerprint density at radius 1 is 1.36 bits per heavy atom. The van der Waals surface area contributed by atoms with Gasteiger partial charge in [-0.1, -0.05) is 26.0 Å². The van der Waals surface area contributed by atoms with Gasteiger partial charge in [0.25, 0.3) is 0 Å². The number of pyridine rings is 1. The van der Waals surface area contributed by atoms with Crippen LogP contribution in [0, 0.1) is 11.3 Å². The number of thiazole rings is 1. The van der Waals surface area contributed by atoms with Gasteiger partial charge in [0.15, 0.2) is 0 Å². The van der Waals surface area contributed by atoms with E-state index < -0.39 is 0 Å². The molecule has 0 radical (unpaired) electrons. The Morgan fingerprint density at radius 2 is 2.16 bits per heavy atom. The zero-order chi connectivity index (χ0) is 18.0. The highest BCUT2D eigenvalue weighted by Gasteiger charge is 2.08. The predicted octanol–water partition coefficient (Wildman–Crippen LogP) is 4.64. The van der Waals surface area contributed by atoms with Crippen molar-refractivity contribution in [1.29, 1.82) is 5.26 Å². The monoisotopic (exact) mass is 349 g/mol. The molecule has 0 fully saturated rings. The minimum absolute atomic E-state index is 0.182. The van der Waals surface area contributed by atoms with E-state index in [-0.39, 0.29) is 11.0 Å². The molecular weight excluding hydrogens is 330 g/mol. The van der Waals surface area contributed by atoms with Crippen molar-refractivity contribution in [1.82, 2.24) is 9.55 Å². The van der Waals surface area contributed by atoms with Crippen LogP contribution in [0.4, 0.5) is 0 Å². The molecule has 0 atom stereocenters. The Balaban J connectivity index is 2.02. The van der Waals surface area contributed by atoms with Crippen LogP contribution in [0.3, 0.4) is 0 Å². The van der Waals surface area contributed by atoms with Crippen molar-refractivity contribution in [2.45, 2.75) is 33.2 Å². The lowest BCUT2D eigenvalue weighted by Gasteiger charge is -2.09. The van der Waals surface area contributed by atoms with Gasteiger partial charge in [-0.25, -0.2) is 4.98 Å². The average Bonchev–Trinajstić information content (AvgIpc) is 3.10. The lowest BCUT2D eigenvalue weighted by molar-refractivity contribution is 0.786. The maximum absolute atomic E-state index is 12.3. The molecule has 0 aliphatic rings. The molecular formula is C20H19N3OS. The highest BCUT2D eigenvalue weighted by atomic mass is 32.1. The summed E-state index contributed by atoms with van der Waals surface area (Å²) in [6.07, 6.45) is 5.63. The molecule has 0 saturated carbocycles. The van der Waals surface area contributed by atoms with Gasteiger partial charge >= 0.3 is 0 Å². The fourth-order valence-corrected chi connectivity index (χ4v) is 3.53. The standard InChI is InChI=1S/C20H19N3OS/c1-4-23-11-15(10-21)20(24)16-7-5-14(9-18(16)23)6-8-19-22-17(12-25-19)13(2)3/h5-9,11-13H,4H2,1-3H3. The van der Waals surface area contributed by atoms with Gasteiger partial charge < -0.3 is 4.57 Å². The van der Waals surface area contributed by atoms with Gasteiger partial charge in [-0.3, -0.25) is 4.79 Å². The van der Waals surface area contributed by atoms with Crippen LogP contribution in [0.2, 0.25) is 0 Å². The zero-order valence-corrected chi connectivity index (χ0v) is 15.3. The predicted molar refractivity (Wildman–Crippen MR) is 104 cm³/mol. The van der Waals surface area contributed by atoms with Gasteiger partial charge in [-0.15, -0.1) is 11.3 Å². The number of rotatable bonds is 4. The van der Waals surface area contributed by atoms with Gasteiger partial charge in [0.1, 0.15) is 16.6 Å². The first kappa shape index (κ1) is 17.1. The third-order valence-electron chi connectivity index (χ3n) is 4.12. The Hall–Kier alpha value is -2.71. The van der Waals surface area contributed by atoms with E-state index in [0.717, 1.165) is 21.8 Å². The Kier molecular flexibility index (Phi) is 4.82. The van der Waals surface area contributed by atoms with E-state index in [1.165, 1.54) is 0 Å². The van der Waals surface area contributed by atoms with Crippen molar-refractivity contribution in [2.75, 3.05) is 0 Å². The lowest BCUT2D eigenvalue weighted by Crippen LogP contribution is -2.12. The molecule has 4 nitrogen and oxygen atoms in total. The van der Waals surface area contributed by atoms with Crippen molar-refractivity contribution >= 4 is 34.4 Å². The number of aryl methyl sites for hydroxylation is 1. The minimum Gasteiger partial charge on any atom is -0.346 e. The first-order valence-electron chi connectivity index (χ1n) is 8.24. The summed E-state index contributed by atoms with van der Waals surface area (Å²) in [6, 6.07) is 7.66. The third kappa shape index (κ3) is 3.40. The highest BCUT2D eigenvalue weighted by molar-refractivity contribution is 7.10. The van der Waals surface area contributed by atoms with E-state index in [1.807, 2.05) is 41.8 Å². The summed E-state index contributed by atoms with van der Waals surface area (Å²) in [5, 5.41) is 12.8. The second kappa shape index (κ2) is 7.04. The molecule has 0 spiro atoms. The average molecular weight is 349 g/mol. The summed E-state index contributed by atoms with van der Waals surface area (Å²) < 4.78 is 1.94. The van der Waals surface area contributed by atoms with Crippen molar-refractivity contribution in [3.8, 4) is 6.07 Å². The van der Waals surface area contributed by atoms with Crippen molar-refractivity contribution in [3.63, 3.8) is 0 Å². The van der Waals surface area contributed by atoms with E-state index in [9.17, 15) is 4.79 Å². The quantitative estimate of drug-likeness (QED) is 0.689. The molecule has 0 amide bonds. The third-order valence-corrected chi connectivity index (χ3v) is 4.94. The normalized spacial score (nSPS) is 11.5. The first-order chi connectivity index (χ1) is 12.0. The summed E-state index contributed by atoms with van der Waals surface area (Å²) in [4.78, 5) is 16.9. The number of hydrogen-bond acceptors (Lipinski definition) is 4. The van der Waals surface area contributed by atoms with Crippen LogP contribution in [-0.2, 0) is 6.54 Å². The maximum Gasteiger partial charge on any atom is 0.207 e. The Bertz CT molecular complexity index is 1050. The van der Waals surface area contributed by atoms with Gasteiger partial charge in [0.2, 0.25) is 5.43 Å². The molecule has 0 N–H and O–H groups in total. The smallest absolute Gasteiger partial charge is 0.207 e. The molecule has 5 heteroatoms.